The zero-order valence-electron chi connectivity index (χ0n) is 16.2. The van der Waals surface area contributed by atoms with Gasteiger partial charge >= 0.3 is 155 Å². The zero-order chi connectivity index (χ0) is 18.0. The number of hydrogen-bond donors (Lipinski definition) is 0. The van der Waals surface area contributed by atoms with Gasteiger partial charge in [-0.25, -0.2) is 0 Å². The molecule has 0 radical (unpaired) electrons. The van der Waals surface area contributed by atoms with Crippen molar-refractivity contribution in [3.63, 3.8) is 0 Å². The van der Waals surface area contributed by atoms with Gasteiger partial charge < -0.3 is 0 Å². The number of rotatable bonds is 5. The van der Waals surface area contributed by atoms with E-state index in [4.69, 9.17) is 4.98 Å². The first-order valence-electron chi connectivity index (χ1n) is 9.51. The maximum absolute atomic E-state index is 5.03. The van der Waals surface area contributed by atoms with Gasteiger partial charge in [0.05, 0.1) is 0 Å². The van der Waals surface area contributed by atoms with Crippen LogP contribution in [-0.2, 0) is 0 Å². The van der Waals surface area contributed by atoms with E-state index in [9.17, 15) is 0 Å². The van der Waals surface area contributed by atoms with Gasteiger partial charge in [0.15, 0.2) is 0 Å². The van der Waals surface area contributed by atoms with Crippen LogP contribution in [0.5, 0.6) is 0 Å². The minimum absolute atomic E-state index is 1.08. The van der Waals surface area contributed by atoms with Gasteiger partial charge in [0.1, 0.15) is 0 Å². The number of aryl methyl sites for hydroxylation is 2. The van der Waals surface area contributed by atoms with Crippen molar-refractivity contribution in [2.75, 3.05) is 0 Å². The van der Waals surface area contributed by atoms with E-state index in [2.05, 4.69) is 83.1 Å². The number of aromatic nitrogens is 1. The summed E-state index contributed by atoms with van der Waals surface area (Å²) in [4.78, 5) is 5.03. The second kappa shape index (κ2) is 7.33. The first kappa shape index (κ1) is 18.2. The molecule has 1 nitrogen and oxygen atoms in total. The van der Waals surface area contributed by atoms with E-state index in [0.717, 1.165) is 11.2 Å². The minimum atomic E-state index is -1.94. The van der Waals surface area contributed by atoms with Crippen LogP contribution in [0.3, 0.4) is 0 Å². The van der Waals surface area contributed by atoms with Crippen molar-refractivity contribution in [1.82, 2.24) is 4.98 Å². The van der Waals surface area contributed by atoms with Crippen LogP contribution in [-0.4, -0.2) is 18.3 Å². The molecule has 1 heterocycles. The van der Waals surface area contributed by atoms with Gasteiger partial charge in [-0.3, -0.25) is 0 Å². The first-order valence-corrected chi connectivity index (χ1v) is 15.0. The van der Waals surface area contributed by atoms with Crippen LogP contribution in [0, 0.1) is 13.8 Å². The van der Waals surface area contributed by atoms with Crippen LogP contribution in [0.15, 0.2) is 48.5 Å². The van der Waals surface area contributed by atoms with Crippen LogP contribution in [0.2, 0.25) is 15.8 Å². The average Bonchev–Trinajstić information content (AvgIpc) is 2.62. The summed E-state index contributed by atoms with van der Waals surface area (Å²) in [5.74, 6) is 0. The number of nitrogens with zero attached hydrogens (tertiary/aromatic N) is 1. The normalized spacial score (nSPS) is 11.9. The third-order valence-electron chi connectivity index (χ3n) is 5.85. The molecule has 0 saturated carbocycles. The van der Waals surface area contributed by atoms with Gasteiger partial charge in [-0.15, -0.1) is 0 Å². The Balaban J connectivity index is 2.13. The molecule has 3 aromatic rings. The van der Waals surface area contributed by atoms with E-state index in [-0.39, 0.29) is 0 Å². The zero-order valence-corrected chi connectivity index (χ0v) is 18.3. The average molecular weight is 392 g/mol. The van der Waals surface area contributed by atoms with Crippen molar-refractivity contribution in [3.05, 3.63) is 59.7 Å². The summed E-state index contributed by atoms with van der Waals surface area (Å²) in [5, 5.41) is 5.32. The molecule has 0 amide bonds. The molecule has 2 aromatic carbocycles. The van der Waals surface area contributed by atoms with E-state index in [0.29, 0.717) is 0 Å². The molecule has 1 aromatic heterocycles. The second-order valence-corrected chi connectivity index (χ2v) is 18.4. The summed E-state index contributed by atoms with van der Waals surface area (Å²) in [7, 11) is 0. The Hall–Kier alpha value is -1.61. The van der Waals surface area contributed by atoms with Crippen LogP contribution in [0.25, 0.3) is 22.2 Å². The second-order valence-electron chi connectivity index (χ2n) is 7.32. The number of benzene rings is 2. The molecule has 0 bridgehead atoms. The fraction of sp³-hybridized carbons (Fsp3) is 0.348. The molecular formula is C23H29GeN. The molecule has 130 valence electrons. The third-order valence-corrected chi connectivity index (χ3v) is 17.6. The van der Waals surface area contributed by atoms with Crippen molar-refractivity contribution >= 4 is 28.6 Å². The molecule has 3 rings (SSSR count). The quantitative estimate of drug-likeness (QED) is 0.469. The fourth-order valence-corrected chi connectivity index (χ4v) is 11.7. The van der Waals surface area contributed by atoms with Crippen LogP contribution >= 0.6 is 0 Å². The predicted molar refractivity (Wildman–Crippen MR) is 113 cm³/mol. The van der Waals surface area contributed by atoms with E-state index in [1.54, 1.807) is 4.40 Å². The standard InChI is InChI=1S/C23H29GeN/c1-6-24(7-2,8-3)21-11-9-19-10-12-22(25-23(19)16-21)20-14-17(4)13-18(5)15-20/h9-16H,6-8H2,1-5H3. The monoisotopic (exact) mass is 393 g/mol. The maximum atomic E-state index is 5.03. The molecule has 2 heteroatoms. The molecule has 0 saturated heterocycles. The van der Waals surface area contributed by atoms with Crippen molar-refractivity contribution in [2.24, 2.45) is 0 Å². The Labute approximate surface area is 154 Å². The summed E-state index contributed by atoms with van der Waals surface area (Å²) >= 11 is -1.94. The Morgan fingerprint density at radius 3 is 1.96 bits per heavy atom. The molecule has 0 atom stereocenters. The van der Waals surface area contributed by atoms with Crippen molar-refractivity contribution < 1.29 is 0 Å². The fourth-order valence-electron chi connectivity index (χ4n) is 4.09. The van der Waals surface area contributed by atoms with Crippen LogP contribution < -0.4 is 4.40 Å². The van der Waals surface area contributed by atoms with E-state index < -0.39 is 13.3 Å². The predicted octanol–water partition coefficient (Wildman–Crippen LogP) is 6.23. The van der Waals surface area contributed by atoms with E-state index >= 15 is 0 Å². The van der Waals surface area contributed by atoms with Crippen molar-refractivity contribution in [2.45, 2.75) is 50.4 Å². The number of pyridine rings is 1. The summed E-state index contributed by atoms with van der Waals surface area (Å²) in [6, 6.07) is 18.1. The molecule has 0 aliphatic heterocycles. The van der Waals surface area contributed by atoms with E-state index in [1.165, 1.54) is 37.8 Å². The summed E-state index contributed by atoms with van der Waals surface area (Å²) in [6.07, 6.45) is 0. The third kappa shape index (κ3) is 3.53. The van der Waals surface area contributed by atoms with Gasteiger partial charge in [0.25, 0.3) is 0 Å². The summed E-state index contributed by atoms with van der Waals surface area (Å²) in [6.45, 7) is 11.5. The van der Waals surface area contributed by atoms with Gasteiger partial charge in [-0.05, 0) is 0 Å². The Morgan fingerprint density at radius 2 is 1.36 bits per heavy atom. The number of fused-ring (bicyclic) bond motifs is 1. The van der Waals surface area contributed by atoms with Crippen LogP contribution in [0.4, 0.5) is 0 Å². The Morgan fingerprint density at radius 1 is 0.760 bits per heavy atom. The Kier molecular flexibility index (Phi) is 5.33. The topological polar surface area (TPSA) is 12.9 Å². The molecule has 0 N–H and O–H groups in total. The molecule has 0 aliphatic rings. The van der Waals surface area contributed by atoms with Gasteiger partial charge in [0, 0.05) is 0 Å². The molecule has 0 fully saturated rings. The molecule has 25 heavy (non-hydrogen) atoms. The van der Waals surface area contributed by atoms with Gasteiger partial charge in [-0.2, -0.15) is 0 Å². The Bertz CT molecular complexity index is 865. The van der Waals surface area contributed by atoms with Gasteiger partial charge in [-0.1, -0.05) is 0 Å². The van der Waals surface area contributed by atoms with E-state index in [1.807, 2.05) is 0 Å². The molecular weight excluding hydrogens is 363 g/mol. The molecule has 0 unspecified atom stereocenters. The summed E-state index contributed by atoms with van der Waals surface area (Å²) in [5.41, 5.74) is 6.04. The van der Waals surface area contributed by atoms with Crippen molar-refractivity contribution in [3.8, 4) is 11.3 Å². The number of hydrogen-bond acceptors (Lipinski definition) is 1. The summed E-state index contributed by atoms with van der Waals surface area (Å²) < 4.78 is 1.62. The molecule has 0 aliphatic carbocycles. The first-order chi connectivity index (χ1) is 12.0. The van der Waals surface area contributed by atoms with Crippen molar-refractivity contribution in [1.29, 1.82) is 0 Å². The van der Waals surface area contributed by atoms with Gasteiger partial charge in [0.2, 0.25) is 0 Å². The molecule has 0 spiro atoms. The van der Waals surface area contributed by atoms with Crippen LogP contribution in [0.1, 0.15) is 31.9 Å². The SMILES string of the molecule is C[CH2][Ge]([CH2]C)([CH2]C)[c]1ccc2ccc(-c3cc(C)cc(C)c3)nc2c1.